The maximum absolute atomic E-state index is 4.05. The average molecular weight is 207 g/mol. The summed E-state index contributed by atoms with van der Waals surface area (Å²) in [6.07, 6.45) is 6.71. The second kappa shape index (κ2) is 7.35. The fourth-order valence-corrected chi connectivity index (χ4v) is 1.58. The van der Waals surface area contributed by atoms with Gasteiger partial charge in [-0.05, 0) is 25.0 Å². The number of aromatic nitrogens is 2. The molecule has 0 aliphatic heterocycles. The van der Waals surface area contributed by atoms with Crippen LogP contribution in [0.1, 0.15) is 45.2 Å². The molecule has 15 heavy (non-hydrogen) atoms. The molecule has 0 aromatic carbocycles. The molecule has 1 rings (SSSR count). The molecular formula is C12H21N3. The molecule has 0 aliphatic carbocycles. The number of nitrogens with zero attached hydrogens (tertiary/aromatic N) is 2. The van der Waals surface area contributed by atoms with Crippen LogP contribution in [0.3, 0.4) is 0 Å². The van der Waals surface area contributed by atoms with Crippen LogP contribution in [0.15, 0.2) is 18.3 Å². The van der Waals surface area contributed by atoms with Crippen LogP contribution in [0.4, 0.5) is 0 Å². The van der Waals surface area contributed by atoms with E-state index in [4.69, 9.17) is 0 Å². The van der Waals surface area contributed by atoms with E-state index in [-0.39, 0.29) is 0 Å². The molecule has 3 nitrogen and oxygen atoms in total. The summed E-state index contributed by atoms with van der Waals surface area (Å²) in [4.78, 5) is 0. The van der Waals surface area contributed by atoms with Gasteiger partial charge in [-0.15, -0.1) is 0 Å². The third-order valence-electron chi connectivity index (χ3n) is 2.60. The van der Waals surface area contributed by atoms with Gasteiger partial charge in [-0.1, -0.05) is 26.7 Å². The Morgan fingerprint density at radius 1 is 1.40 bits per heavy atom. The molecule has 0 spiro atoms. The van der Waals surface area contributed by atoms with Crippen molar-refractivity contribution >= 4 is 0 Å². The highest BCUT2D eigenvalue weighted by atomic mass is 15.1. The Kier molecular flexibility index (Phi) is 5.93. The van der Waals surface area contributed by atoms with Crippen molar-refractivity contribution in [2.45, 2.75) is 52.1 Å². The summed E-state index contributed by atoms with van der Waals surface area (Å²) >= 11 is 0. The molecule has 0 radical (unpaired) electrons. The highest BCUT2D eigenvalue weighted by Crippen LogP contribution is 2.04. The number of nitrogens with one attached hydrogen (secondary N) is 1. The van der Waals surface area contributed by atoms with Gasteiger partial charge in [0.25, 0.3) is 0 Å². The molecule has 1 atom stereocenters. The van der Waals surface area contributed by atoms with Crippen molar-refractivity contribution in [1.29, 1.82) is 0 Å². The average Bonchev–Trinajstić information content (AvgIpc) is 2.31. The molecule has 1 N–H and O–H groups in total. The molecule has 1 aromatic rings. The van der Waals surface area contributed by atoms with Crippen molar-refractivity contribution in [2.75, 3.05) is 0 Å². The van der Waals surface area contributed by atoms with Crippen LogP contribution in [0, 0.1) is 0 Å². The van der Waals surface area contributed by atoms with Gasteiger partial charge >= 0.3 is 0 Å². The Morgan fingerprint density at radius 3 is 2.87 bits per heavy atom. The first-order chi connectivity index (χ1) is 7.36. The van der Waals surface area contributed by atoms with Crippen LogP contribution >= 0.6 is 0 Å². The molecule has 84 valence electrons. The Bertz CT molecular complexity index is 248. The minimum absolute atomic E-state index is 0.618. The van der Waals surface area contributed by atoms with Crippen LogP contribution in [0.2, 0.25) is 0 Å². The largest absolute Gasteiger partial charge is 0.308 e. The van der Waals surface area contributed by atoms with E-state index in [9.17, 15) is 0 Å². The fourth-order valence-electron chi connectivity index (χ4n) is 1.58. The second-order valence-electron chi connectivity index (χ2n) is 3.84. The van der Waals surface area contributed by atoms with Gasteiger partial charge in [-0.25, -0.2) is 0 Å². The van der Waals surface area contributed by atoms with Crippen molar-refractivity contribution in [1.82, 2.24) is 15.5 Å². The summed E-state index contributed by atoms with van der Waals surface area (Å²) in [6.45, 7) is 5.29. The molecule has 1 aromatic heterocycles. The number of rotatable bonds is 7. The van der Waals surface area contributed by atoms with Gasteiger partial charge in [-0.3, -0.25) is 0 Å². The molecule has 0 saturated heterocycles. The lowest BCUT2D eigenvalue weighted by atomic mass is 10.1. The molecule has 0 saturated carbocycles. The van der Waals surface area contributed by atoms with E-state index in [0.717, 1.165) is 12.2 Å². The quantitative estimate of drug-likeness (QED) is 0.746. The summed E-state index contributed by atoms with van der Waals surface area (Å²) in [6, 6.07) is 4.55. The minimum atomic E-state index is 0.618. The van der Waals surface area contributed by atoms with Crippen LogP contribution in [0.25, 0.3) is 0 Å². The maximum atomic E-state index is 4.05. The van der Waals surface area contributed by atoms with Crippen molar-refractivity contribution < 1.29 is 0 Å². The summed E-state index contributed by atoms with van der Waals surface area (Å²) in [5.41, 5.74) is 1.02. The summed E-state index contributed by atoms with van der Waals surface area (Å²) in [5.74, 6) is 0. The van der Waals surface area contributed by atoms with Crippen molar-refractivity contribution in [3.8, 4) is 0 Å². The molecule has 3 heteroatoms. The normalized spacial score (nSPS) is 12.7. The van der Waals surface area contributed by atoms with Crippen molar-refractivity contribution in [3.63, 3.8) is 0 Å². The molecule has 0 amide bonds. The van der Waals surface area contributed by atoms with E-state index in [1.54, 1.807) is 6.20 Å². The van der Waals surface area contributed by atoms with E-state index in [1.165, 1.54) is 25.7 Å². The lowest BCUT2D eigenvalue weighted by Crippen LogP contribution is -2.28. The highest BCUT2D eigenvalue weighted by Gasteiger charge is 2.04. The third-order valence-corrected chi connectivity index (χ3v) is 2.60. The molecule has 0 fully saturated rings. The Hall–Kier alpha value is -0.960. The van der Waals surface area contributed by atoms with Crippen LogP contribution in [0.5, 0.6) is 0 Å². The molecule has 1 heterocycles. The Labute approximate surface area is 92.3 Å². The minimum Gasteiger partial charge on any atom is -0.308 e. The first kappa shape index (κ1) is 12.1. The highest BCUT2D eigenvalue weighted by molar-refractivity contribution is 4.98. The smallest absolute Gasteiger partial charge is 0.0769 e. The zero-order valence-corrected chi connectivity index (χ0v) is 9.74. The summed E-state index contributed by atoms with van der Waals surface area (Å²) in [7, 11) is 0. The molecule has 0 bridgehead atoms. The van der Waals surface area contributed by atoms with Crippen LogP contribution in [-0.2, 0) is 6.54 Å². The predicted octanol–water partition coefficient (Wildman–Crippen LogP) is 2.54. The third kappa shape index (κ3) is 4.88. The van der Waals surface area contributed by atoms with Gasteiger partial charge < -0.3 is 5.32 Å². The summed E-state index contributed by atoms with van der Waals surface area (Å²) in [5, 5.41) is 11.4. The van der Waals surface area contributed by atoms with Gasteiger partial charge in [0.2, 0.25) is 0 Å². The van der Waals surface area contributed by atoms with Gasteiger partial charge in [0.1, 0.15) is 0 Å². The molecular weight excluding hydrogens is 186 g/mol. The van der Waals surface area contributed by atoms with Crippen molar-refractivity contribution in [2.24, 2.45) is 0 Å². The second-order valence-corrected chi connectivity index (χ2v) is 3.84. The van der Waals surface area contributed by atoms with Crippen LogP contribution < -0.4 is 5.32 Å². The van der Waals surface area contributed by atoms with Gasteiger partial charge in [0, 0.05) is 18.8 Å². The molecule has 0 aliphatic rings. The van der Waals surface area contributed by atoms with E-state index in [0.29, 0.717) is 6.04 Å². The predicted molar refractivity (Wildman–Crippen MR) is 62.5 cm³/mol. The standard InChI is InChI=1S/C12H21N3/c1-3-5-7-11(4-2)13-10-12-8-6-9-14-15-12/h6,8-9,11,13H,3-5,7,10H2,1-2H3. The van der Waals surface area contributed by atoms with E-state index in [2.05, 4.69) is 29.4 Å². The topological polar surface area (TPSA) is 37.8 Å². The lowest BCUT2D eigenvalue weighted by molar-refractivity contribution is 0.448. The van der Waals surface area contributed by atoms with E-state index in [1.807, 2.05) is 12.1 Å². The lowest BCUT2D eigenvalue weighted by Gasteiger charge is -2.15. The Morgan fingerprint density at radius 2 is 2.27 bits per heavy atom. The number of hydrogen-bond acceptors (Lipinski definition) is 3. The monoisotopic (exact) mass is 207 g/mol. The van der Waals surface area contributed by atoms with Gasteiger partial charge in [-0.2, -0.15) is 10.2 Å². The van der Waals surface area contributed by atoms with Crippen molar-refractivity contribution in [3.05, 3.63) is 24.0 Å². The number of hydrogen-bond donors (Lipinski definition) is 1. The SMILES string of the molecule is CCCCC(CC)NCc1cccnn1. The van der Waals surface area contributed by atoms with E-state index >= 15 is 0 Å². The summed E-state index contributed by atoms with van der Waals surface area (Å²) < 4.78 is 0. The zero-order valence-electron chi connectivity index (χ0n) is 9.74. The van der Waals surface area contributed by atoms with Gasteiger partial charge in [0.05, 0.1) is 5.69 Å². The zero-order chi connectivity index (χ0) is 10.9. The molecule has 1 unspecified atom stereocenters. The number of unbranched alkanes of at least 4 members (excludes halogenated alkanes) is 1. The van der Waals surface area contributed by atoms with Crippen LogP contribution in [-0.4, -0.2) is 16.2 Å². The van der Waals surface area contributed by atoms with Gasteiger partial charge in [0.15, 0.2) is 0 Å². The maximum Gasteiger partial charge on any atom is 0.0769 e. The first-order valence-electron chi connectivity index (χ1n) is 5.86. The Balaban J connectivity index is 2.28. The fraction of sp³-hybridized carbons (Fsp3) is 0.667. The first-order valence-corrected chi connectivity index (χ1v) is 5.86. The van der Waals surface area contributed by atoms with E-state index < -0.39 is 0 Å².